The molecule has 0 spiro atoms. The van der Waals surface area contributed by atoms with Crippen molar-refractivity contribution in [3.8, 4) is 0 Å². The number of thioether (sulfide) groups is 1. The van der Waals surface area contributed by atoms with Gasteiger partial charge in [-0.2, -0.15) is 0 Å². The zero-order valence-electron chi connectivity index (χ0n) is 14.0. The molecule has 0 atom stereocenters. The first-order valence-electron chi connectivity index (χ1n) is 7.94. The van der Waals surface area contributed by atoms with Crippen molar-refractivity contribution in [3.63, 3.8) is 0 Å². The zero-order chi connectivity index (χ0) is 19.1. The van der Waals surface area contributed by atoms with Crippen LogP contribution < -0.4 is 10.6 Å². The molecule has 1 heterocycles. The molecule has 0 radical (unpaired) electrons. The van der Waals surface area contributed by atoms with Crippen molar-refractivity contribution in [3.05, 3.63) is 71.9 Å². The van der Waals surface area contributed by atoms with E-state index in [-0.39, 0.29) is 34.9 Å². The number of halogens is 1. The van der Waals surface area contributed by atoms with Gasteiger partial charge in [-0.3, -0.25) is 9.59 Å². The first kappa shape index (κ1) is 18.6. The fourth-order valence-corrected chi connectivity index (χ4v) is 2.69. The summed E-state index contributed by atoms with van der Waals surface area (Å²) in [7, 11) is 0. The number of benzene rings is 2. The molecule has 0 unspecified atom stereocenters. The molecule has 27 heavy (non-hydrogen) atoms. The third-order valence-corrected chi connectivity index (χ3v) is 4.17. The number of para-hydroxylation sites is 1. The molecule has 3 rings (SSSR count). The van der Waals surface area contributed by atoms with E-state index in [1.54, 1.807) is 18.2 Å². The van der Waals surface area contributed by atoms with E-state index >= 15 is 0 Å². The summed E-state index contributed by atoms with van der Waals surface area (Å²) < 4.78 is 18.9. The Labute approximate surface area is 158 Å². The summed E-state index contributed by atoms with van der Waals surface area (Å²) in [5.74, 6) is -1.15. The van der Waals surface area contributed by atoms with Gasteiger partial charge in [-0.25, -0.2) is 4.39 Å². The van der Waals surface area contributed by atoms with E-state index < -0.39 is 11.7 Å². The number of nitrogens with zero attached hydrogens (tertiary/aromatic N) is 2. The van der Waals surface area contributed by atoms with E-state index in [2.05, 4.69) is 20.8 Å². The van der Waals surface area contributed by atoms with Gasteiger partial charge >= 0.3 is 0 Å². The van der Waals surface area contributed by atoms with Gasteiger partial charge in [0.15, 0.2) is 0 Å². The maximum absolute atomic E-state index is 13.5. The lowest BCUT2D eigenvalue weighted by atomic mass is 10.2. The van der Waals surface area contributed by atoms with Crippen molar-refractivity contribution in [1.82, 2.24) is 15.5 Å². The molecule has 2 N–H and O–H groups in total. The molecule has 138 valence electrons. The first-order chi connectivity index (χ1) is 13.1. The van der Waals surface area contributed by atoms with Crippen LogP contribution in [0.15, 0.2) is 64.2 Å². The Balaban J connectivity index is 1.46. The van der Waals surface area contributed by atoms with Gasteiger partial charge in [0.25, 0.3) is 11.1 Å². The average Bonchev–Trinajstić information content (AvgIpc) is 3.14. The third kappa shape index (κ3) is 5.38. The Bertz CT molecular complexity index is 933. The van der Waals surface area contributed by atoms with Crippen molar-refractivity contribution >= 4 is 29.3 Å². The number of aromatic nitrogens is 2. The lowest BCUT2D eigenvalue weighted by molar-refractivity contribution is -0.113. The van der Waals surface area contributed by atoms with Crippen molar-refractivity contribution in [1.29, 1.82) is 0 Å². The second kappa shape index (κ2) is 8.95. The Morgan fingerprint density at radius 3 is 2.56 bits per heavy atom. The van der Waals surface area contributed by atoms with Gasteiger partial charge in [-0.15, -0.1) is 10.2 Å². The van der Waals surface area contributed by atoms with Gasteiger partial charge < -0.3 is 15.1 Å². The van der Waals surface area contributed by atoms with Crippen LogP contribution in [0, 0.1) is 5.82 Å². The summed E-state index contributed by atoms with van der Waals surface area (Å²) >= 11 is 1.08. The molecule has 9 heteroatoms. The number of carbonyl (C=O) groups excluding carboxylic acids is 2. The minimum atomic E-state index is -0.610. The third-order valence-electron chi connectivity index (χ3n) is 3.35. The summed E-state index contributed by atoms with van der Waals surface area (Å²) in [5.41, 5.74) is 0.634. The van der Waals surface area contributed by atoms with Crippen molar-refractivity contribution in [2.45, 2.75) is 11.8 Å². The van der Waals surface area contributed by atoms with E-state index in [4.69, 9.17) is 4.42 Å². The molecule has 0 fully saturated rings. The predicted octanol–water partition coefficient (Wildman–Crippen LogP) is 2.87. The van der Waals surface area contributed by atoms with Gasteiger partial charge in [-0.1, -0.05) is 42.1 Å². The van der Waals surface area contributed by atoms with Crippen LogP contribution >= 0.6 is 11.8 Å². The average molecular weight is 386 g/mol. The summed E-state index contributed by atoms with van der Waals surface area (Å²) in [6.45, 7) is -0.0447. The van der Waals surface area contributed by atoms with E-state index in [0.29, 0.717) is 5.69 Å². The second-order valence-electron chi connectivity index (χ2n) is 5.33. The summed E-state index contributed by atoms with van der Waals surface area (Å²) in [4.78, 5) is 23.8. The second-order valence-corrected chi connectivity index (χ2v) is 6.25. The van der Waals surface area contributed by atoms with Gasteiger partial charge in [0.05, 0.1) is 17.9 Å². The monoisotopic (exact) mass is 386 g/mol. The molecule has 7 nitrogen and oxygen atoms in total. The fraction of sp³-hybridized carbons (Fsp3) is 0.111. The summed E-state index contributed by atoms with van der Waals surface area (Å²) in [5, 5.41) is 13.0. The largest absolute Gasteiger partial charge is 0.414 e. The normalized spacial score (nSPS) is 10.4. The lowest BCUT2D eigenvalue weighted by Crippen LogP contribution is -2.23. The van der Waals surface area contributed by atoms with Crippen molar-refractivity contribution in [2.24, 2.45) is 0 Å². The number of nitrogens with one attached hydrogen (secondary N) is 2. The highest BCUT2D eigenvalue weighted by molar-refractivity contribution is 7.99. The lowest BCUT2D eigenvalue weighted by Gasteiger charge is -2.03. The Hall–Kier alpha value is -3.20. The highest BCUT2D eigenvalue weighted by Gasteiger charge is 2.13. The number of carbonyl (C=O) groups is 2. The van der Waals surface area contributed by atoms with Gasteiger partial charge in [0, 0.05) is 5.69 Å². The maximum Gasteiger partial charge on any atom is 0.277 e. The number of rotatable bonds is 7. The smallest absolute Gasteiger partial charge is 0.277 e. The number of hydrogen-bond acceptors (Lipinski definition) is 6. The highest BCUT2D eigenvalue weighted by atomic mass is 32.2. The fourth-order valence-electron chi connectivity index (χ4n) is 2.11. The zero-order valence-corrected chi connectivity index (χ0v) is 14.8. The van der Waals surface area contributed by atoms with Crippen molar-refractivity contribution in [2.75, 3.05) is 11.1 Å². The Kier molecular flexibility index (Phi) is 6.16. The van der Waals surface area contributed by atoms with Crippen LogP contribution in [0.2, 0.25) is 0 Å². The number of amides is 2. The van der Waals surface area contributed by atoms with Crippen LogP contribution in [-0.4, -0.2) is 27.8 Å². The minimum Gasteiger partial charge on any atom is -0.414 e. The van der Waals surface area contributed by atoms with Crippen molar-refractivity contribution < 1.29 is 18.4 Å². The molecule has 0 aliphatic heterocycles. The van der Waals surface area contributed by atoms with Crippen LogP contribution in [0.25, 0.3) is 0 Å². The van der Waals surface area contributed by atoms with E-state index in [9.17, 15) is 14.0 Å². The molecule has 2 amide bonds. The minimum absolute atomic E-state index is 0.0447. The highest BCUT2D eigenvalue weighted by Crippen LogP contribution is 2.17. The maximum atomic E-state index is 13.5. The summed E-state index contributed by atoms with van der Waals surface area (Å²) in [6.07, 6.45) is 0. The molecular weight excluding hydrogens is 371 g/mol. The molecule has 0 saturated heterocycles. The molecule has 3 aromatic rings. The standard InChI is InChI=1S/C18H15FN4O3S/c19-14-9-5-4-8-13(14)17(25)20-10-16-22-23-18(26-16)27-11-15(24)21-12-6-2-1-3-7-12/h1-9H,10-11H2,(H,20,25)(H,21,24). The number of anilines is 1. The quantitative estimate of drug-likeness (QED) is 0.606. The van der Waals surface area contributed by atoms with Crippen LogP contribution in [-0.2, 0) is 11.3 Å². The van der Waals surface area contributed by atoms with E-state index in [1.807, 2.05) is 18.2 Å². The Morgan fingerprint density at radius 1 is 1.04 bits per heavy atom. The molecular formula is C18H15FN4O3S. The predicted molar refractivity (Wildman–Crippen MR) is 97.7 cm³/mol. The molecule has 1 aromatic heterocycles. The summed E-state index contributed by atoms with van der Waals surface area (Å²) in [6, 6.07) is 14.7. The van der Waals surface area contributed by atoms with Crippen LogP contribution in [0.3, 0.4) is 0 Å². The van der Waals surface area contributed by atoms with Crippen LogP contribution in [0.4, 0.5) is 10.1 Å². The van der Waals surface area contributed by atoms with Gasteiger partial charge in [0.2, 0.25) is 11.8 Å². The first-order valence-corrected chi connectivity index (χ1v) is 8.93. The van der Waals surface area contributed by atoms with Gasteiger partial charge in [-0.05, 0) is 24.3 Å². The molecule has 0 aliphatic carbocycles. The van der Waals surface area contributed by atoms with Crippen LogP contribution in [0.1, 0.15) is 16.2 Å². The molecule has 0 aliphatic rings. The molecule has 0 bridgehead atoms. The SMILES string of the molecule is O=C(CSc1nnc(CNC(=O)c2ccccc2F)o1)Nc1ccccc1. The molecule has 0 saturated carbocycles. The van der Waals surface area contributed by atoms with Crippen LogP contribution in [0.5, 0.6) is 0 Å². The van der Waals surface area contributed by atoms with Gasteiger partial charge in [0.1, 0.15) is 5.82 Å². The number of hydrogen-bond donors (Lipinski definition) is 2. The molecule has 2 aromatic carbocycles. The van der Waals surface area contributed by atoms with E-state index in [0.717, 1.165) is 11.8 Å². The topological polar surface area (TPSA) is 97.1 Å². The Morgan fingerprint density at radius 2 is 1.78 bits per heavy atom. The van der Waals surface area contributed by atoms with E-state index in [1.165, 1.54) is 18.2 Å².